The maximum absolute atomic E-state index is 15.3. The van der Waals surface area contributed by atoms with Crippen molar-refractivity contribution in [1.82, 2.24) is 10.2 Å². The van der Waals surface area contributed by atoms with E-state index < -0.39 is 11.8 Å². The molecule has 1 aromatic heterocycles. The fraction of sp³-hybridized carbons (Fsp3) is 0.0625. The summed E-state index contributed by atoms with van der Waals surface area (Å²) in [6, 6.07) is 27.3. The van der Waals surface area contributed by atoms with E-state index in [4.69, 9.17) is 9.47 Å². The molecule has 0 fully saturated rings. The van der Waals surface area contributed by atoms with Crippen LogP contribution < -0.4 is 9.47 Å². The second-order valence-electron chi connectivity index (χ2n) is 8.56. The van der Waals surface area contributed by atoms with Crippen molar-refractivity contribution in [2.75, 3.05) is 0 Å². The molecule has 0 bridgehead atoms. The number of ether oxygens (including phenoxy) is 2. The summed E-state index contributed by atoms with van der Waals surface area (Å²) in [7, 11) is 0. The second kappa shape index (κ2) is 11.0. The Morgan fingerprint density at radius 2 is 1.71 bits per heavy atom. The van der Waals surface area contributed by atoms with E-state index in [1.807, 2.05) is 61.5 Å². The van der Waals surface area contributed by atoms with Gasteiger partial charge in [0.1, 0.15) is 11.5 Å². The summed E-state index contributed by atoms with van der Waals surface area (Å²) in [5.41, 5.74) is 4.86. The Balaban J connectivity index is 1.69. The molecule has 0 atom stereocenters. The summed E-state index contributed by atoms with van der Waals surface area (Å²) in [5, 5.41) is 8.03. The third-order valence-corrected chi connectivity index (χ3v) is 6.17. The molecule has 5 nitrogen and oxygen atoms in total. The van der Waals surface area contributed by atoms with Gasteiger partial charge in [-0.25, -0.2) is 9.18 Å². The summed E-state index contributed by atoms with van der Waals surface area (Å²) in [5.74, 6) is 0.0339. The first kappa shape index (κ1) is 24.7. The Hall–Kier alpha value is -4.97. The number of carbonyl (C=O) groups is 1. The number of allylic oxidation sites excluding steroid dienone is 1. The van der Waals surface area contributed by atoms with Gasteiger partial charge in [-0.2, -0.15) is 5.10 Å². The van der Waals surface area contributed by atoms with Crippen LogP contribution in [0.4, 0.5) is 4.39 Å². The predicted octanol–water partition coefficient (Wildman–Crippen LogP) is 7.95. The normalized spacial score (nSPS) is 11.6. The van der Waals surface area contributed by atoms with Gasteiger partial charge in [-0.05, 0) is 71.2 Å². The quantitative estimate of drug-likeness (QED) is 0.101. The van der Waals surface area contributed by atoms with Gasteiger partial charge in [-0.3, -0.25) is 5.10 Å². The van der Waals surface area contributed by atoms with Crippen LogP contribution in [0.3, 0.4) is 0 Å². The van der Waals surface area contributed by atoms with Crippen LogP contribution in [-0.2, 0) is 4.79 Å². The van der Waals surface area contributed by atoms with E-state index in [2.05, 4.69) is 16.8 Å². The highest BCUT2D eigenvalue weighted by atomic mass is 19.1. The molecule has 0 radical (unpaired) electrons. The molecule has 0 saturated carbocycles. The van der Waals surface area contributed by atoms with Gasteiger partial charge in [0.05, 0.1) is 11.7 Å². The van der Waals surface area contributed by atoms with E-state index in [0.29, 0.717) is 29.0 Å². The van der Waals surface area contributed by atoms with Gasteiger partial charge < -0.3 is 9.47 Å². The molecule has 0 aliphatic carbocycles. The number of rotatable bonds is 8. The molecule has 4 aromatic carbocycles. The van der Waals surface area contributed by atoms with Crippen LogP contribution in [0.25, 0.3) is 22.0 Å². The van der Waals surface area contributed by atoms with E-state index in [9.17, 15) is 4.79 Å². The maximum atomic E-state index is 15.3. The predicted molar refractivity (Wildman–Crippen MR) is 147 cm³/mol. The number of nitrogens with one attached hydrogen (secondary N) is 1. The van der Waals surface area contributed by atoms with Crippen molar-refractivity contribution in [3.8, 4) is 17.2 Å². The Morgan fingerprint density at radius 1 is 0.947 bits per heavy atom. The van der Waals surface area contributed by atoms with Crippen LogP contribution in [0.5, 0.6) is 17.2 Å². The number of esters is 1. The first-order valence-electron chi connectivity index (χ1n) is 12.2. The summed E-state index contributed by atoms with van der Waals surface area (Å²) < 4.78 is 26.7. The lowest BCUT2D eigenvalue weighted by Gasteiger charge is -2.19. The maximum Gasteiger partial charge on any atom is 0.335 e. The Morgan fingerprint density at radius 3 is 2.47 bits per heavy atom. The molecule has 5 aromatic rings. The number of aromatic amines is 1. The van der Waals surface area contributed by atoms with Crippen molar-refractivity contribution in [2.24, 2.45) is 0 Å². The van der Waals surface area contributed by atoms with Gasteiger partial charge in [0, 0.05) is 17.0 Å². The van der Waals surface area contributed by atoms with Crippen molar-refractivity contribution in [1.29, 1.82) is 0 Å². The number of para-hydroxylation sites is 2. The van der Waals surface area contributed by atoms with Gasteiger partial charge in [-0.1, -0.05) is 62.0 Å². The van der Waals surface area contributed by atoms with E-state index in [1.54, 1.807) is 36.5 Å². The summed E-state index contributed by atoms with van der Waals surface area (Å²) in [6.45, 7) is 5.52. The van der Waals surface area contributed by atoms with Crippen molar-refractivity contribution in [3.63, 3.8) is 0 Å². The molecule has 0 saturated heterocycles. The zero-order chi connectivity index (χ0) is 26.5. The minimum absolute atomic E-state index is 0.136. The van der Waals surface area contributed by atoms with Crippen LogP contribution in [-0.4, -0.2) is 16.2 Å². The molecular weight excluding hydrogens is 479 g/mol. The SMILES string of the molecule is C=CC(=O)Oc1ccccc1/C(=C(\CC)c1ccc(Oc2ccccc2)c(F)c1)c1ccc2[nH]ncc2c1. The number of carbonyl (C=O) groups excluding carboxylic acids is 1. The number of benzene rings is 4. The highest BCUT2D eigenvalue weighted by Gasteiger charge is 2.19. The number of hydrogen-bond donors (Lipinski definition) is 1. The fourth-order valence-electron chi connectivity index (χ4n) is 4.41. The first-order chi connectivity index (χ1) is 18.6. The molecular formula is C32H25FN2O3. The van der Waals surface area contributed by atoms with Crippen molar-refractivity contribution in [2.45, 2.75) is 13.3 Å². The van der Waals surface area contributed by atoms with Crippen molar-refractivity contribution >= 4 is 28.0 Å². The average Bonchev–Trinajstić information content (AvgIpc) is 3.42. The lowest BCUT2D eigenvalue weighted by molar-refractivity contribution is -0.128. The van der Waals surface area contributed by atoms with E-state index in [1.165, 1.54) is 6.07 Å². The fourth-order valence-corrected chi connectivity index (χ4v) is 4.41. The van der Waals surface area contributed by atoms with E-state index in [0.717, 1.165) is 33.7 Å². The van der Waals surface area contributed by atoms with Gasteiger partial charge >= 0.3 is 5.97 Å². The largest absolute Gasteiger partial charge is 0.454 e. The number of aromatic nitrogens is 2. The standard InChI is InChI=1S/C32H25FN2O3/c1-3-25(21-15-17-30(27(33)19-21)37-24-10-6-5-7-11-24)32(22-14-16-28-23(18-22)20-34-35-28)26-12-8-9-13-29(26)38-31(36)4-2/h4-20H,2-3H2,1H3,(H,34,35)/b32-25+. The Labute approximate surface area is 219 Å². The molecule has 5 rings (SSSR count). The number of fused-ring (bicyclic) bond motifs is 1. The zero-order valence-corrected chi connectivity index (χ0v) is 20.8. The smallest absolute Gasteiger partial charge is 0.335 e. The summed E-state index contributed by atoms with van der Waals surface area (Å²) in [6.07, 6.45) is 3.46. The van der Waals surface area contributed by atoms with Gasteiger partial charge in [0.2, 0.25) is 0 Å². The molecule has 1 N–H and O–H groups in total. The number of H-pyrrole nitrogens is 1. The minimum atomic E-state index is -0.561. The topological polar surface area (TPSA) is 64.2 Å². The molecule has 6 heteroatoms. The van der Waals surface area contributed by atoms with Crippen LogP contribution >= 0.6 is 0 Å². The van der Waals surface area contributed by atoms with E-state index >= 15 is 4.39 Å². The number of hydrogen-bond acceptors (Lipinski definition) is 4. The lowest BCUT2D eigenvalue weighted by atomic mass is 9.87. The molecule has 38 heavy (non-hydrogen) atoms. The minimum Gasteiger partial charge on any atom is -0.454 e. The van der Waals surface area contributed by atoms with Gasteiger partial charge in [0.15, 0.2) is 11.6 Å². The first-order valence-corrected chi connectivity index (χ1v) is 12.2. The third-order valence-electron chi connectivity index (χ3n) is 6.17. The highest BCUT2D eigenvalue weighted by Crippen LogP contribution is 2.40. The average molecular weight is 505 g/mol. The summed E-state index contributed by atoms with van der Waals surface area (Å²) in [4.78, 5) is 12.1. The lowest BCUT2D eigenvalue weighted by Crippen LogP contribution is -2.06. The molecule has 0 aliphatic heterocycles. The third kappa shape index (κ3) is 5.11. The zero-order valence-electron chi connectivity index (χ0n) is 20.8. The summed E-state index contributed by atoms with van der Waals surface area (Å²) >= 11 is 0. The second-order valence-corrected chi connectivity index (χ2v) is 8.56. The monoisotopic (exact) mass is 504 g/mol. The van der Waals surface area contributed by atoms with E-state index in [-0.39, 0.29) is 5.75 Å². The van der Waals surface area contributed by atoms with Crippen molar-refractivity contribution < 1.29 is 18.7 Å². The van der Waals surface area contributed by atoms with Crippen LogP contribution in [0.15, 0.2) is 110 Å². The molecule has 1 heterocycles. The molecule has 0 aliphatic rings. The van der Waals surface area contributed by atoms with Crippen LogP contribution in [0, 0.1) is 5.82 Å². The van der Waals surface area contributed by atoms with Crippen LogP contribution in [0.2, 0.25) is 0 Å². The molecule has 188 valence electrons. The Bertz CT molecular complexity index is 1650. The Kier molecular flexibility index (Phi) is 7.13. The molecule has 0 amide bonds. The van der Waals surface area contributed by atoms with Crippen LogP contribution in [0.1, 0.15) is 30.0 Å². The highest BCUT2D eigenvalue weighted by molar-refractivity contribution is 6.02. The number of halogens is 1. The molecule has 0 spiro atoms. The molecule has 0 unspecified atom stereocenters. The van der Waals surface area contributed by atoms with Gasteiger partial charge in [0.25, 0.3) is 0 Å². The number of nitrogens with zero attached hydrogens (tertiary/aromatic N) is 1. The van der Waals surface area contributed by atoms with Crippen molar-refractivity contribution in [3.05, 3.63) is 132 Å². The van der Waals surface area contributed by atoms with Gasteiger partial charge in [-0.15, -0.1) is 0 Å².